The van der Waals surface area contributed by atoms with E-state index >= 15 is 0 Å². The van der Waals surface area contributed by atoms with Crippen LogP contribution in [-0.4, -0.2) is 13.2 Å². The molecule has 4 heteroatoms. The first kappa shape index (κ1) is 5.84. The highest BCUT2D eigenvalue weighted by atomic mass is 16.7. The van der Waals surface area contributed by atoms with Gasteiger partial charge in [-0.3, -0.25) is 0 Å². The van der Waals surface area contributed by atoms with E-state index in [0.717, 1.165) is 0 Å². The van der Waals surface area contributed by atoms with Crippen molar-refractivity contribution in [3.63, 3.8) is 0 Å². The molecule has 0 unspecified atom stereocenters. The van der Waals surface area contributed by atoms with Gasteiger partial charge in [0.2, 0.25) is 0 Å². The summed E-state index contributed by atoms with van der Waals surface area (Å²) in [6, 6.07) is 0. The van der Waals surface area contributed by atoms with Crippen molar-refractivity contribution in [1.82, 2.24) is 0 Å². The Balaban J connectivity index is 2.34. The van der Waals surface area contributed by atoms with Crippen molar-refractivity contribution in [3.8, 4) is 0 Å². The summed E-state index contributed by atoms with van der Waals surface area (Å²) in [6.45, 7) is 0.688. The fourth-order valence-electron chi connectivity index (χ4n) is 0.0962. The minimum atomic E-state index is 0.344. The van der Waals surface area contributed by atoms with Gasteiger partial charge in [-0.25, -0.2) is 11.8 Å². The topological polar surface area (TPSA) is 70.5 Å². The summed E-state index contributed by atoms with van der Waals surface area (Å²) in [7, 11) is 0. The van der Waals surface area contributed by atoms with Crippen LogP contribution in [-0.2, 0) is 9.68 Å². The van der Waals surface area contributed by atoms with Gasteiger partial charge in [0.15, 0.2) is 0 Å². The molecule has 6 heavy (non-hydrogen) atoms. The van der Waals surface area contributed by atoms with Crippen LogP contribution in [0.4, 0.5) is 0 Å². The molecule has 38 valence electrons. The van der Waals surface area contributed by atoms with Gasteiger partial charge in [-0.1, -0.05) is 0 Å². The van der Waals surface area contributed by atoms with Crippen molar-refractivity contribution in [2.24, 2.45) is 11.8 Å². The van der Waals surface area contributed by atoms with Crippen LogP contribution in [0.25, 0.3) is 0 Å². The maximum absolute atomic E-state index is 4.58. The molecule has 4 N–H and O–H groups in total. The highest BCUT2D eigenvalue weighted by molar-refractivity contribution is 4.15. The van der Waals surface area contributed by atoms with Gasteiger partial charge in [0.25, 0.3) is 0 Å². The summed E-state index contributed by atoms with van der Waals surface area (Å²) in [5.74, 6) is 9.16. The second kappa shape index (κ2) is 4.84. The van der Waals surface area contributed by atoms with Gasteiger partial charge in [0, 0.05) is 0 Å². The molecule has 0 fully saturated rings. The van der Waals surface area contributed by atoms with Gasteiger partial charge in [-0.05, 0) is 0 Å². The summed E-state index contributed by atoms with van der Waals surface area (Å²) in [4.78, 5) is 8.15. The quantitative estimate of drug-likeness (QED) is 0.337. The minimum absolute atomic E-state index is 0.344. The molecule has 0 heterocycles. The van der Waals surface area contributed by atoms with Crippen LogP contribution in [0.2, 0.25) is 0 Å². The van der Waals surface area contributed by atoms with E-state index in [0.29, 0.717) is 13.2 Å². The summed E-state index contributed by atoms with van der Waals surface area (Å²) in [5.41, 5.74) is 0. The third kappa shape index (κ3) is 3.84. The van der Waals surface area contributed by atoms with Crippen LogP contribution in [0.1, 0.15) is 0 Å². The Bertz CT molecular complexity index is 21.5. The van der Waals surface area contributed by atoms with E-state index in [1.165, 1.54) is 0 Å². The number of nitrogens with two attached hydrogens (primary N) is 2. The van der Waals surface area contributed by atoms with Crippen molar-refractivity contribution < 1.29 is 9.68 Å². The molecule has 0 aliphatic carbocycles. The maximum atomic E-state index is 4.58. The number of rotatable bonds is 3. The predicted octanol–water partition coefficient (Wildman–Crippen LogP) is -1.23. The average molecular weight is 92.1 g/mol. The van der Waals surface area contributed by atoms with E-state index in [9.17, 15) is 0 Å². The molecule has 0 saturated heterocycles. The summed E-state index contributed by atoms with van der Waals surface area (Å²) >= 11 is 0. The van der Waals surface area contributed by atoms with Gasteiger partial charge in [-0.15, -0.1) is 0 Å². The van der Waals surface area contributed by atoms with Gasteiger partial charge in [0.05, 0.1) is 13.2 Å². The maximum Gasteiger partial charge on any atom is 0.0933 e. The SMILES string of the molecule is NOCCON. The van der Waals surface area contributed by atoms with Crippen molar-refractivity contribution in [1.29, 1.82) is 0 Å². The Morgan fingerprint density at radius 3 is 1.50 bits per heavy atom. The van der Waals surface area contributed by atoms with Gasteiger partial charge in [0.1, 0.15) is 0 Å². The first-order chi connectivity index (χ1) is 2.91. The lowest BCUT2D eigenvalue weighted by atomic mass is 10.8. The predicted molar refractivity (Wildman–Crippen MR) is 20.3 cm³/mol. The molecular weight excluding hydrogens is 84.0 g/mol. The fourth-order valence-corrected chi connectivity index (χ4v) is 0.0962. The van der Waals surface area contributed by atoms with Crippen molar-refractivity contribution in [3.05, 3.63) is 0 Å². The molecule has 0 saturated carbocycles. The lowest BCUT2D eigenvalue weighted by Crippen LogP contribution is -2.10. The monoisotopic (exact) mass is 92.1 g/mol. The van der Waals surface area contributed by atoms with E-state index in [-0.39, 0.29) is 0 Å². The molecule has 0 bridgehead atoms. The third-order valence-electron chi connectivity index (χ3n) is 0.319. The van der Waals surface area contributed by atoms with E-state index in [1.807, 2.05) is 0 Å². The Labute approximate surface area is 35.9 Å². The van der Waals surface area contributed by atoms with Crippen LogP contribution in [0.3, 0.4) is 0 Å². The van der Waals surface area contributed by atoms with Crippen molar-refractivity contribution >= 4 is 0 Å². The smallest absolute Gasteiger partial charge is 0.0933 e. The summed E-state index contributed by atoms with van der Waals surface area (Å²) in [6.07, 6.45) is 0. The zero-order valence-corrected chi connectivity index (χ0v) is 3.39. The third-order valence-corrected chi connectivity index (χ3v) is 0.319. The standard InChI is InChI=1S/C2H8N2O2/c3-5-1-2-6-4/h1-4H2. The Hall–Kier alpha value is -0.160. The first-order valence-corrected chi connectivity index (χ1v) is 1.55. The van der Waals surface area contributed by atoms with E-state index in [4.69, 9.17) is 0 Å². The molecule has 0 amide bonds. The summed E-state index contributed by atoms with van der Waals surface area (Å²) in [5, 5.41) is 0. The van der Waals surface area contributed by atoms with Gasteiger partial charge >= 0.3 is 0 Å². The lowest BCUT2D eigenvalue weighted by molar-refractivity contribution is 0.0478. The molecule has 0 aromatic heterocycles. The van der Waals surface area contributed by atoms with E-state index in [2.05, 4.69) is 21.5 Å². The Morgan fingerprint density at radius 2 is 1.33 bits per heavy atom. The average Bonchev–Trinajstić information content (AvgIpc) is 1.61. The molecule has 0 aliphatic heterocycles. The molecular formula is C2H8N2O2. The summed E-state index contributed by atoms with van der Waals surface area (Å²) < 4.78 is 0. The molecule has 0 aliphatic rings. The number of hydrogen-bond donors (Lipinski definition) is 2. The molecule has 0 aromatic carbocycles. The largest absolute Gasteiger partial charge is 0.302 e. The molecule has 0 atom stereocenters. The Morgan fingerprint density at radius 1 is 1.00 bits per heavy atom. The molecule has 0 aromatic rings. The van der Waals surface area contributed by atoms with Crippen LogP contribution in [0.15, 0.2) is 0 Å². The van der Waals surface area contributed by atoms with Crippen LogP contribution in [0, 0.1) is 0 Å². The number of hydrogen-bond acceptors (Lipinski definition) is 4. The lowest BCUT2D eigenvalue weighted by Gasteiger charge is -1.90. The van der Waals surface area contributed by atoms with E-state index in [1.54, 1.807) is 0 Å². The van der Waals surface area contributed by atoms with Gasteiger partial charge < -0.3 is 9.68 Å². The first-order valence-electron chi connectivity index (χ1n) is 1.55. The Kier molecular flexibility index (Phi) is 4.71. The second-order valence-corrected chi connectivity index (χ2v) is 0.742. The second-order valence-electron chi connectivity index (χ2n) is 0.742. The minimum Gasteiger partial charge on any atom is -0.302 e. The van der Waals surface area contributed by atoms with Crippen LogP contribution in [0.5, 0.6) is 0 Å². The highest BCUT2D eigenvalue weighted by Gasteiger charge is 1.75. The molecule has 0 rings (SSSR count). The van der Waals surface area contributed by atoms with Crippen molar-refractivity contribution in [2.45, 2.75) is 0 Å². The highest BCUT2D eigenvalue weighted by Crippen LogP contribution is 1.59. The zero-order chi connectivity index (χ0) is 4.83. The van der Waals surface area contributed by atoms with E-state index < -0.39 is 0 Å². The van der Waals surface area contributed by atoms with Crippen LogP contribution >= 0.6 is 0 Å². The normalized spacial score (nSPS) is 9.00. The van der Waals surface area contributed by atoms with Crippen molar-refractivity contribution in [2.75, 3.05) is 13.2 Å². The fraction of sp³-hybridized carbons (Fsp3) is 1.00. The molecule has 4 nitrogen and oxygen atoms in total. The van der Waals surface area contributed by atoms with Crippen LogP contribution < -0.4 is 11.8 Å². The molecule has 0 radical (unpaired) electrons. The van der Waals surface area contributed by atoms with Gasteiger partial charge in [-0.2, -0.15) is 0 Å². The molecule has 0 spiro atoms. The zero-order valence-electron chi connectivity index (χ0n) is 3.39.